The normalized spacial score (nSPS) is 11.6. The van der Waals surface area contributed by atoms with Crippen molar-refractivity contribution in [1.29, 1.82) is 0 Å². The second kappa shape index (κ2) is 6.91. The van der Waals surface area contributed by atoms with E-state index in [2.05, 4.69) is 6.07 Å². The van der Waals surface area contributed by atoms with Gasteiger partial charge in [0.25, 0.3) is 0 Å². The average molecular weight is 273 g/mol. The van der Waals surface area contributed by atoms with Crippen molar-refractivity contribution in [3.8, 4) is 0 Å². The van der Waals surface area contributed by atoms with Gasteiger partial charge in [-0.3, -0.25) is 0 Å². The summed E-state index contributed by atoms with van der Waals surface area (Å²) in [6.07, 6.45) is 3.33. The Morgan fingerprint density at radius 2 is 2.06 bits per heavy atom. The Balaban J connectivity index is 2.13. The molecule has 5 heteroatoms. The molecule has 0 fully saturated rings. The van der Waals surface area contributed by atoms with E-state index in [1.165, 1.54) is 11.8 Å². The van der Waals surface area contributed by atoms with Gasteiger partial charge in [-0.05, 0) is 36.3 Å². The number of thioether (sulfide) groups is 1. The second-order valence-electron chi connectivity index (χ2n) is 4.09. The van der Waals surface area contributed by atoms with Crippen LogP contribution in [0.25, 0.3) is 0 Å². The van der Waals surface area contributed by atoms with Crippen molar-refractivity contribution in [3.05, 3.63) is 29.8 Å². The predicted octanol–water partition coefficient (Wildman–Crippen LogP) is 1.98. The molecule has 0 bridgehead atoms. The van der Waals surface area contributed by atoms with E-state index in [0.29, 0.717) is 5.75 Å². The van der Waals surface area contributed by atoms with Gasteiger partial charge in [-0.15, -0.1) is 0 Å². The summed E-state index contributed by atoms with van der Waals surface area (Å²) in [4.78, 5) is 0. The molecule has 0 spiro atoms. The minimum absolute atomic E-state index is 0.274. The molecular formula is C12H19NO2S2. The first-order valence-corrected chi connectivity index (χ1v) is 8.79. The molecule has 0 aromatic heterocycles. The molecule has 0 saturated carbocycles. The first-order chi connectivity index (χ1) is 7.97. The number of nitrogens with two attached hydrogens (primary N) is 1. The lowest BCUT2D eigenvalue weighted by Gasteiger charge is -2.03. The molecule has 0 radical (unpaired) electrons. The molecule has 0 aliphatic heterocycles. The summed E-state index contributed by atoms with van der Waals surface area (Å²) in [5.41, 5.74) is 7.73. The Morgan fingerprint density at radius 3 is 2.71 bits per heavy atom. The first-order valence-electron chi connectivity index (χ1n) is 5.57. The fourth-order valence-electron chi connectivity index (χ4n) is 1.44. The molecule has 0 atom stereocenters. The molecule has 0 heterocycles. The van der Waals surface area contributed by atoms with Gasteiger partial charge in [-0.25, -0.2) is 8.42 Å². The molecule has 1 rings (SSSR count). The summed E-state index contributed by atoms with van der Waals surface area (Å²) >= 11 is 1.69. The van der Waals surface area contributed by atoms with Crippen LogP contribution in [0, 0.1) is 0 Å². The van der Waals surface area contributed by atoms with Gasteiger partial charge in [0.05, 0.1) is 5.75 Å². The number of benzene rings is 1. The van der Waals surface area contributed by atoms with Gasteiger partial charge in [0.15, 0.2) is 0 Å². The van der Waals surface area contributed by atoms with Crippen LogP contribution in [0.2, 0.25) is 0 Å². The van der Waals surface area contributed by atoms with E-state index in [1.807, 2.05) is 18.2 Å². The number of anilines is 1. The van der Waals surface area contributed by atoms with Crippen LogP contribution in [-0.4, -0.2) is 31.9 Å². The summed E-state index contributed by atoms with van der Waals surface area (Å²) in [5.74, 6) is 1.95. The van der Waals surface area contributed by atoms with E-state index in [9.17, 15) is 8.42 Å². The van der Waals surface area contributed by atoms with Crippen LogP contribution in [0.3, 0.4) is 0 Å². The van der Waals surface area contributed by atoms with Crippen molar-refractivity contribution in [2.45, 2.75) is 12.8 Å². The van der Waals surface area contributed by atoms with E-state index in [1.54, 1.807) is 11.8 Å². The van der Waals surface area contributed by atoms with Crippen molar-refractivity contribution in [2.24, 2.45) is 0 Å². The van der Waals surface area contributed by atoms with Crippen LogP contribution in [0.5, 0.6) is 0 Å². The molecule has 1 aromatic carbocycles. The third-order valence-electron chi connectivity index (χ3n) is 2.30. The van der Waals surface area contributed by atoms with Gasteiger partial charge in [0.1, 0.15) is 9.84 Å². The lowest BCUT2D eigenvalue weighted by Crippen LogP contribution is -2.05. The van der Waals surface area contributed by atoms with Crippen molar-refractivity contribution < 1.29 is 8.42 Å². The molecule has 0 saturated heterocycles. The molecule has 0 aliphatic carbocycles. The van der Waals surface area contributed by atoms with E-state index >= 15 is 0 Å². The fourth-order valence-corrected chi connectivity index (χ4v) is 3.67. The van der Waals surface area contributed by atoms with E-state index in [-0.39, 0.29) is 5.75 Å². The maximum atomic E-state index is 10.9. The molecular weight excluding hydrogens is 254 g/mol. The van der Waals surface area contributed by atoms with Gasteiger partial charge >= 0.3 is 0 Å². The van der Waals surface area contributed by atoms with Crippen LogP contribution in [0.4, 0.5) is 5.69 Å². The lowest BCUT2D eigenvalue weighted by atomic mass is 10.1. The van der Waals surface area contributed by atoms with E-state index < -0.39 is 9.84 Å². The molecule has 96 valence electrons. The van der Waals surface area contributed by atoms with Gasteiger partial charge < -0.3 is 5.73 Å². The Morgan fingerprint density at radius 1 is 1.29 bits per heavy atom. The smallest absolute Gasteiger partial charge is 0.148 e. The third-order valence-corrected chi connectivity index (χ3v) is 4.58. The van der Waals surface area contributed by atoms with Crippen LogP contribution < -0.4 is 5.73 Å². The van der Waals surface area contributed by atoms with Gasteiger partial charge in [0.2, 0.25) is 0 Å². The average Bonchev–Trinajstić information content (AvgIpc) is 2.22. The van der Waals surface area contributed by atoms with Crippen molar-refractivity contribution in [1.82, 2.24) is 0 Å². The van der Waals surface area contributed by atoms with Crippen LogP contribution in [0.15, 0.2) is 24.3 Å². The fraction of sp³-hybridized carbons (Fsp3) is 0.500. The van der Waals surface area contributed by atoms with Crippen LogP contribution in [-0.2, 0) is 16.3 Å². The number of sulfone groups is 1. The minimum Gasteiger partial charge on any atom is -0.399 e. The largest absolute Gasteiger partial charge is 0.399 e. The topological polar surface area (TPSA) is 60.2 Å². The van der Waals surface area contributed by atoms with E-state index in [0.717, 1.165) is 24.3 Å². The van der Waals surface area contributed by atoms with Gasteiger partial charge in [-0.2, -0.15) is 11.8 Å². The number of rotatable bonds is 7. The number of hydrogen-bond donors (Lipinski definition) is 1. The minimum atomic E-state index is -2.81. The highest BCUT2D eigenvalue weighted by molar-refractivity contribution is 8.00. The summed E-state index contributed by atoms with van der Waals surface area (Å²) in [5, 5.41) is 0. The van der Waals surface area contributed by atoms with Gasteiger partial charge in [0, 0.05) is 17.7 Å². The summed E-state index contributed by atoms with van der Waals surface area (Å²) < 4.78 is 21.8. The summed E-state index contributed by atoms with van der Waals surface area (Å²) in [6.45, 7) is 0. The van der Waals surface area contributed by atoms with Crippen LogP contribution >= 0.6 is 11.8 Å². The zero-order valence-electron chi connectivity index (χ0n) is 10.1. The Hall–Kier alpha value is -0.680. The maximum absolute atomic E-state index is 10.9. The molecule has 0 unspecified atom stereocenters. The lowest BCUT2D eigenvalue weighted by molar-refractivity contribution is 0.603. The van der Waals surface area contributed by atoms with Crippen molar-refractivity contribution in [3.63, 3.8) is 0 Å². The standard InChI is InChI=1S/C12H19NO2S2/c1-17(14,15)9-8-16-7-3-5-11-4-2-6-12(13)10-11/h2,4,6,10H,3,5,7-9,13H2,1H3. The highest BCUT2D eigenvalue weighted by Crippen LogP contribution is 2.11. The zero-order chi connectivity index (χ0) is 12.7. The highest BCUT2D eigenvalue weighted by atomic mass is 32.2. The summed E-state index contributed by atoms with van der Waals surface area (Å²) in [7, 11) is -2.81. The van der Waals surface area contributed by atoms with Crippen molar-refractivity contribution >= 4 is 27.3 Å². The number of nitrogen functional groups attached to an aromatic ring is 1. The SMILES string of the molecule is CS(=O)(=O)CCSCCCc1cccc(N)c1. The molecule has 2 N–H and O–H groups in total. The summed E-state index contributed by atoms with van der Waals surface area (Å²) in [6, 6.07) is 7.89. The zero-order valence-corrected chi connectivity index (χ0v) is 11.7. The second-order valence-corrected chi connectivity index (χ2v) is 7.58. The number of hydrogen-bond acceptors (Lipinski definition) is 4. The maximum Gasteiger partial charge on any atom is 0.148 e. The molecule has 0 amide bonds. The monoisotopic (exact) mass is 273 g/mol. The molecule has 1 aromatic rings. The Labute approximate surface area is 108 Å². The Bertz CT molecular complexity index is 444. The molecule has 0 aliphatic rings. The predicted molar refractivity (Wildman–Crippen MR) is 76.2 cm³/mol. The van der Waals surface area contributed by atoms with Crippen LogP contribution in [0.1, 0.15) is 12.0 Å². The Kier molecular flexibility index (Phi) is 5.85. The quantitative estimate of drug-likeness (QED) is 0.609. The van der Waals surface area contributed by atoms with Gasteiger partial charge in [-0.1, -0.05) is 12.1 Å². The third kappa shape index (κ3) is 7.28. The van der Waals surface area contributed by atoms with Crippen molar-refractivity contribution in [2.75, 3.05) is 29.2 Å². The first kappa shape index (κ1) is 14.4. The highest BCUT2D eigenvalue weighted by Gasteiger charge is 2.01. The molecule has 17 heavy (non-hydrogen) atoms. The number of aryl methyl sites for hydroxylation is 1. The molecule has 3 nitrogen and oxygen atoms in total. The van der Waals surface area contributed by atoms with E-state index in [4.69, 9.17) is 5.73 Å².